The summed E-state index contributed by atoms with van der Waals surface area (Å²) in [6, 6.07) is 26.0. The number of benzene rings is 4. The van der Waals surface area contributed by atoms with E-state index in [0.717, 1.165) is 5.46 Å². The summed E-state index contributed by atoms with van der Waals surface area (Å²) in [6.07, 6.45) is 0. The molecule has 1 aliphatic heterocycles. The molecule has 0 N–H and O–H groups in total. The molecule has 0 aliphatic carbocycles. The maximum atomic E-state index is 6.33. The van der Waals surface area contributed by atoms with Gasteiger partial charge in [-0.1, -0.05) is 72.8 Å². The summed E-state index contributed by atoms with van der Waals surface area (Å²) in [5, 5.41) is 5.05. The number of fused-ring (bicyclic) bond motifs is 3. The van der Waals surface area contributed by atoms with Crippen LogP contribution in [0, 0.1) is 6.92 Å². The van der Waals surface area contributed by atoms with Gasteiger partial charge in [0.1, 0.15) is 0 Å². The third-order valence-electron chi connectivity index (χ3n) is 6.90. The van der Waals surface area contributed by atoms with E-state index in [1.54, 1.807) is 0 Å². The smallest absolute Gasteiger partial charge is 0.399 e. The summed E-state index contributed by atoms with van der Waals surface area (Å²) in [4.78, 5) is 0. The Hall–Kier alpha value is -2.62. The molecule has 0 saturated carbocycles. The summed E-state index contributed by atoms with van der Waals surface area (Å²) < 4.78 is 12.7. The highest BCUT2D eigenvalue weighted by Gasteiger charge is 2.51. The Bertz CT molecular complexity index is 1240. The van der Waals surface area contributed by atoms with Crippen LogP contribution in [-0.2, 0) is 9.31 Å². The van der Waals surface area contributed by atoms with E-state index < -0.39 is 0 Å². The molecule has 1 aliphatic rings. The van der Waals surface area contributed by atoms with Crippen molar-refractivity contribution < 1.29 is 9.31 Å². The molecule has 3 heteroatoms. The Balaban J connectivity index is 1.77. The summed E-state index contributed by atoms with van der Waals surface area (Å²) in [5.41, 5.74) is 4.22. The molecule has 0 bridgehead atoms. The van der Waals surface area contributed by atoms with Crippen LogP contribution in [0.3, 0.4) is 0 Å². The number of hydrogen-bond donors (Lipinski definition) is 0. The lowest BCUT2D eigenvalue weighted by molar-refractivity contribution is 0.00578. The van der Waals surface area contributed by atoms with E-state index >= 15 is 0 Å². The van der Waals surface area contributed by atoms with Crippen molar-refractivity contribution >= 4 is 34.1 Å². The summed E-state index contributed by atoms with van der Waals surface area (Å²) in [7, 11) is -0.361. The Morgan fingerprint density at radius 1 is 0.633 bits per heavy atom. The van der Waals surface area contributed by atoms with Crippen molar-refractivity contribution in [3.05, 3.63) is 78.4 Å². The number of hydrogen-bond acceptors (Lipinski definition) is 2. The van der Waals surface area contributed by atoms with Crippen molar-refractivity contribution in [2.75, 3.05) is 0 Å². The highest BCUT2D eigenvalue weighted by Crippen LogP contribution is 2.40. The van der Waals surface area contributed by atoms with Crippen molar-refractivity contribution in [2.24, 2.45) is 0 Å². The van der Waals surface area contributed by atoms with Gasteiger partial charge in [0.15, 0.2) is 0 Å². The Morgan fingerprint density at radius 2 is 1.23 bits per heavy atom. The van der Waals surface area contributed by atoms with Crippen LogP contribution in [0.4, 0.5) is 0 Å². The topological polar surface area (TPSA) is 18.5 Å². The minimum Gasteiger partial charge on any atom is -0.399 e. The standard InChI is InChI=1S/C27H27BO2/c1-18-21-13-9-10-14-22(21)24-17-20(28-29-26(2,3)27(4,5)30-28)15-16-23(24)25(18)19-11-7-6-8-12-19/h6-17H,1-5H3. The minimum atomic E-state index is -0.361. The van der Waals surface area contributed by atoms with Gasteiger partial charge in [-0.2, -0.15) is 0 Å². The first-order chi connectivity index (χ1) is 14.3. The van der Waals surface area contributed by atoms with Crippen molar-refractivity contribution in [1.29, 1.82) is 0 Å². The van der Waals surface area contributed by atoms with Gasteiger partial charge in [0.2, 0.25) is 0 Å². The second-order valence-electron chi connectivity index (χ2n) is 9.30. The third kappa shape index (κ3) is 2.88. The fourth-order valence-electron chi connectivity index (χ4n) is 4.49. The van der Waals surface area contributed by atoms with Crippen molar-refractivity contribution in [3.8, 4) is 11.1 Å². The molecule has 2 nitrogen and oxygen atoms in total. The minimum absolute atomic E-state index is 0.350. The maximum Gasteiger partial charge on any atom is 0.494 e. The maximum absolute atomic E-state index is 6.33. The number of aryl methyl sites for hydroxylation is 1. The molecule has 1 saturated heterocycles. The Morgan fingerprint density at radius 3 is 1.90 bits per heavy atom. The van der Waals surface area contributed by atoms with Gasteiger partial charge in [0.25, 0.3) is 0 Å². The van der Waals surface area contributed by atoms with Crippen LogP contribution < -0.4 is 5.46 Å². The Kier molecular flexibility index (Phi) is 4.32. The fraction of sp³-hybridized carbons (Fsp3) is 0.259. The first-order valence-electron chi connectivity index (χ1n) is 10.6. The van der Waals surface area contributed by atoms with Crippen molar-refractivity contribution in [3.63, 3.8) is 0 Å². The van der Waals surface area contributed by atoms with Gasteiger partial charge in [0.05, 0.1) is 11.2 Å². The van der Waals surface area contributed by atoms with Gasteiger partial charge in [-0.05, 0) is 78.3 Å². The van der Waals surface area contributed by atoms with Crippen LogP contribution in [0.5, 0.6) is 0 Å². The van der Waals surface area contributed by atoms with Gasteiger partial charge in [-0.25, -0.2) is 0 Å². The van der Waals surface area contributed by atoms with E-state index in [-0.39, 0.29) is 18.3 Å². The molecular formula is C27H27BO2. The summed E-state index contributed by atoms with van der Waals surface area (Å²) in [6.45, 7) is 10.6. The molecule has 30 heavy (non-hydrogen) atoms. The molecule has 0 spiro atoms. The van der Waals surface area contributed by atoms with Crippen molar-refractivity contribution in [2.45, 2.75) is 45.8 Å². The average molecular weight is 394 g/mol. The highest BCUT2D eigenvalue weighted by atomic mass is 16.7. The molecule has 5 rings (SSSR count). The second kappa shape index (κ2) is 6.70. The monoisotopic (exact) mass is 394 g/mol. The molecule has 150 valence electrons. The van der Waals surface area contributed by atoms with Gasteiger partial charge in [-0.15, -0.1) is 0 Å². The van der Waals surface area contributed by atoms with Gasteiger partial charge < -0.3 is 9.31 Å². The zero-order valence-corrected chi connectivity index (χ0v) is 18.3. The van der Waals surface area contributed by atoms with E-state index in [9.17, 15) is 0 Å². The van der Waals surface area contributed by atoms with E-state index in [1.165, 1.54) is 38.2 Å². The zero-order valence-electron chi connectivity index (χ0n) is 18.3. The predicted octanol–water partition coefficient (Wildman–Crippen LogP) is 6.27. The highest BCUT2D eigenvalue weighted by molar-refractivity contribution is 6.62. The van der Waals surface area contributed by atoms with Gasteiger partial charge >= 0.3 is 7.12 Å². The normalized spacial score (nSPS) is 17.7. The van der Waals surface area contributed by atoms with Crippen LogP contribution in [0.15, 0.2) is 72.8 Å². The molecule has 4 aromatic carbocycles. The number of rotatable bonds is 2. The van der Waals surface area contributed by atoms with E-state index in [0.29, 0.717) is 0 Å². The predicted molar refractivity (Wildman–Crippen MR) is 127 cm³/mol. The van der Waals surface area contributed by atoms with Crippen LogP contribution in [-0.4, -0.2) is 18.3 Å². The molecular weight excluding hydrogens is 367 g/mol. The molecule has 4 aromatic rings. The SMILES string of the molecule is Cc1c(-c2ccccc2)c2ccc(B3OC(C)(C)C(C)(C)O3)cc2c2ccccc12. The Labute approximate surface area is 179 Å². The van der Waals surface area contributed by atoms with Crippen LogP contribution >= 0.6 is 0 Å². The van der Waals surface area contributed by atoms with Gasteiger partial charge in [0, 0.05) is 0 Å². The average Bonchev–Trinajstić information content (AvgIpc) is 2.96. The second-order valence-corrected chi connectivity index (χ2v) is 9.30. The van der Waals surface area contributed by atoms with E-state index in [4.69, 9.17) is 9.31 Å². The first kappa shape index (κ1) is 19.4. The molecule has 1 fully saturated rings. The molecule has 0 atom stereocenters. The summed E-state index contributed by atoms with van der Waals surface area (Å²) >= 11 is 0. The van der Waals surface area contributed by atoms with Crippen LogP contribution in [0.25, 0.3) is 32.7 Å². The molecule has 0 radical (unpaired) electrons. The van der Waals surface area contributed by atoms with Crippen molar-refractivity contribution in [1.82, 2.24) is 0 Å². The third-order valence-corrected chi connectivity index (χ3v) is 6.90. The largest absolute Gasteiger partial charge is 0.494 e. The van der Waals surface area contributed by atoms with Gasteiger partial charge in [-0.3, -0.25) is 0 Å². The van der Waals surface area contributed by atoms with Crippen LogP contribution in [0.1, 0.15) is 33.3 Å². The lowest BCUT2D eigenvalue weighted by Crippen LogP contribution is -2.41. The zero-order chi connectivity index (χ0) is 21.1. The quantitative estimate of drug-likeness (QED) is 0.295. The lowest BCUT2D eigenvalue weighted by atomic mass is 9.77. The fourth-order valence-corrected chi connectivity index (χ4v) is 4.49. The molecule has 0 amide bonds. The lowest BCUT2D eigenvalue weighted by Gasteiger charge is -2.32. The first-order valence-corrected chi connectivity index (χ1v) is 10.6. The summed E-state index contributed by atoms with van der Waals surface area (Å²) in [5.74, 6) is 0. The van der Waals surface area contributed by atoms with Crippen LogP contribution in [0.2, 0.25) is 0 Å². The molecule has 0 unspecified atom stereocenters. The van der Waals surface area contributed by atoms with E-state index in [2.05, 4.69) is 107 Å². The van der Waals surface area contributed by atoms with E-state index in [1.807, 2.05) is 0 Å². The molecule has 1 heterocycles. The molecule has 0 aromatic heterocycles.